The number of likely N-dealkylation sites (tertiary alicyclic amines) is 1. The molecular formula is C20H23N3O2. The Morgan fingerprint density at radius 1 is 1.08 bits per heavy atom. The minimum absolute atomic E-state index is 0.277. The van der Waals surface area contributed by atoms with E-state index in [4.69, 9.17) is 4.42 Å². The lowest BCUT2D eigenvalue weighted by atomic mass is 10.0. The van der Waals surface area contributed by atoms with Crippen LogP contribution in [0, 0.1) is 27.7 Å². The van der Waals surface area contributed by atoms with Crippen LogP contribution in [0.1, 0.15) is 34.1 Å². The van der Waals surface area contributed by atoms with Gasteiger partial charge in [0.1, 0.15) is 5.58 Å². The third-order valence-electron chi connectivity index (χ3n) is 5.17. The topological polar surface area (TPSA) is 51.3 Å². The zero-order chi connectivity index (χ0) is 17.7. The SMILES string of the molecule is Cc1cc(C)n(C2CN(Cc3cc(=O)oc4cc(C)c(C)cc34)C2)n1. The Morgan fingerprint density at radius 2 is 1.80 bits per heavy atom. The molecule has 1 aromatic carbocycles. The first-order valence-corrected chi connectivity index (χ1v) is 8.70. The van der Waals surface area contributed by atoms with Crippen molar-refractivity contribution in [2.75, 3.05) is 13.1 Å². The first-order valence-electron chi connectivity index (χ1n) is 8.70. The van der Waals surface area contributed by atoms with E-state index in [9.17, 15) is 4.79 Å². The third-order valence-corrected chi connectivity index (χ3v) is 5.17. The maximum Gasteiger partial charge on any atom is 0.336 e. The van der Waals surface area contributed by atoms with Crippen LogP contribution in [0.15, 0.2) is 33.5 Å². The van der Waals surface area contributed by atoms with Crippen molar-refractivity contribution in [2.45, 2.75) is 40.3 Å². The summed E-state index contributed by atoms with van der Waals surface area (Å²) in [6.07, 6.45) is 0. The zero-order valence-electron chi connectivity index (χ0n) is 15.2. The molecule has 3 aromatic rings. The highest BCUT2D eigenvalue weighted by Crippen LogP contribution is 2.27. The van der Waals surface area contributed by atoms with Crippen LogP contribution < -0.4 is 5.63 Å². The molecule has 4 rings (SSSR count). The monoisotopic (exact) mass is 337 g/mol. The molecule has 1 aliphatic heterocycles. The van der Waals surface area contributed by atoms with E-state index < -0.39 is 0 Å². The summed E-state index contributed by atoms with van der Waals surface area (Å²) in [4.78, 5) is 14.3. The van der Waals surface area contributed by atoms with Gasteiger partial charge in [0.15, 0.2) is 0 Å². The number of aryl methyl sites for hydroxylation is 4. The molecule has 0 unspecified atom stereocenters. The van der Waals surface area contributed by atoms with Crippen molar-refractivity contribution >= 4 is 11.0 Å². The average Bonchev–Trinajstić information content (AvgIpc) is 2.82. The van der Waals surface area contributed by atoms with Crippen LogP contribution in [0.25, 0.3) is 11.0 Å². The van der Waals surface area contributed by atoms with Crippen LogP contribution in [0.3, 0.4) is 0 Å². The fourth-order valence-corrected chi connectivity index (χ4v) is 3.70. The molecule has 0 atom stereocenters. The van der Waals surface area contributed by atoms with E-state index in [1.807, 2.05) is 19.9 Å². The first kappa shape index (κ1) is 16.1. The summed E-state index contributed by atoms with van der Waals surface area (Å²) in [5.74, 6) is 0. The quantitative estimate of drug-likeness (QED) is 0.688. The minimum Gasteiger partial charge on any atom is -0.423 e. The summed E-state index contributed by atoms with van der Waals surface area (Å²) in [5, 5.41) is 5.62. The fourth-order valence-electron chi connectivity index (χ4n) is 3.70. The minimum atomic E-state index is -0.277. The number of fused-ring (bicyclic) bond motifs is 1. The van der Waals surface area contributed by atoms with Gasteiger partial charge in [-0.1, -0.05) is 0 Å². The van der Waals surface area contributed by atoms with E-state index >= 15 is 0 Å². The van der Waals surface area contributed by atoms with Crippen molar-refractivity contribution < 1.29 is 4.42 Å². The normalized spacial score (nSPS) is 15.7. The Morgan fingerprint density at radius 3 is 2.48 bits per heavy atom. The highest BCUT2D eigenvalue weighted by Gasteiger charge is 2.30. The van der Waals surface area contributed by atoms with E-state index in [1.54, 1.807) is 6.07 Å². The molecular weight excluding hydrogens is 314 g/mol. The molecule has 5 heteroatoms. The molecule has 0 amide bonds. The predicted octanol–water partition coefficient (Wildman–Crippen LogP) is 3.28. The lowest BCUT2D eigenvalue weighted by Gasteiger charge is -2.39. The Labute approximate surface area is 146 Å². The van der Waals surface area contributed by atoms with E-state index in [2.05, 4.69) is 40.7 Å². The van der Waals surface area contributed by atoms with Gasteiger partial charge in [-0.3, -0.25) is 9.58 Å². The average molecular weight is 337 g/mol. The van der Waals surface area contributed by atoms with Crippen LogP contribution >= 0.6 is 0 Å². The van der Waals surface area contributed by atoms with Gasteiger partial charge < -0.3 is 4.42 Å². The van der Waals surface area contributed by atoms with Crippen molar-refractivity contribution in [1.29, 1.82) is 0 Å². The molecule has 25 heavy (non-hydrogen) atoms. The van der Waals surface area contributed by atoms with Crippen LogP contribution in [0.5, 0.6) is 0 Å². The molecule has 1 fully saturated rings. The summed E-state index contributed by atoms with van der Waals surface area (Å²) >= 11 is 0. The number of aromatic nitrogens is 2. The van der Waals surface area contributed by atoms with Gasteiger partial charge in [0.2, 0.25) is 0 Å². The number of hydrogen-bond acceptors (Lipinski definition) is 4. The molecule has 0 spiro atoms. The Balaban J connectivity index is 1.57. The van der Waals surface area contributed by atoms with Gasteiger partial charge in [0.25, 0.3) is 0 Å². The van der Waals surface area contributed by atoms with Crippen molar-refractivity contribution in [3.63, 3.8) is 0 Å². The summed E-state index contributed by atoms with van der Waals surface area (Å²) in [6.45, 7) is 10.9. The highest BCUT2D eigenvalue weighted by molar-refractivity contribution is 5.81. The molecule has 3 heterocycles. The van der Waals surface area contributed by atoms with Gasteiger partial charge in [-0.05, 0) is 62.6 Å². The lowest BCUT2D eigenvalue weighted by Crippen LogP contribution is -2.47. The number of benzene rings is 1. The van der Waals surface area contributed by atoms with E-state index in [1.165, 1.54) is 11.3 Å². The third kappa shape index (κ3) is 2.89. The van der Waals surface area contributed by atoms with Crippen LogP contribution in [0.4, 0.5) is 0 Å². The zero-order valence-corrected chi connectivity index (χ0v) is 15.2. The number of rotatable bonds is 3. The van der Waals surface area contributed by atoms with Crippen LogP contribution in [0.2, 0.25) is 0 Å². The summed E-state index contributed by atoms with van der Waals surface area (Å²) in [7, 11) is 0. The molecule has 0 radical (unpaired) electrons. The first-order chi connectivity index (χ1) is 11.9. The van der Waals surface area contributed by atoms with Crippen molar-refractivity contribution in [2.24, 2.45) is 0 Å². The fraction of sp³-hybridized carbons (Fsp3) is 0.400. The second-order valence-electron chi connectivity index (χ2n) is 7.24. The van der Waals surface area contributed by atoms with E-state index in [-0.39, 0.29) is 5.63 Å². The summed E-state index contributed by atoms with van der Waals surface area (Å²) < 4.78 is 7.51. The summed E-state index contributed by atoms with van der Waals surface area (Å²) in [5.41, 5.74) is 6.07. The smallest absolute Gasteiger partial charge is 0.336 e. The van der Waals surface area contributed by atoms with Gasteiger partial charge >= 0.3 is 5.63 Å². The lowest BCUT2D eigenvalue weighted by molar-refractivity contribution is 0.0896. The second-order valence-corrected chi connectivity index (χ2v) is 7.24. The van der Waals surface area contributed by atoms with Crippen LogP contribution in [-0.2, 0) is 6.54 Å². The van der Waals surface area contributed by atoms with E-state index in [0.29, 0.717) is 11.6 Å². The Kier molecular flexibility index (Phi) is 3.76. The molecule has 1 aliphatic rings. The summed E-state index contributed by atoms with van der Waals surface area (Å²) in [6, 6.07) is 8.26. The maximum atomic E-state index is 11.9. The molecule has 2 aromatic heterocycles. The van der Waals surface area contributed by atoms with Crippen LogP contribution in [-0.4, -0.2) is 27.8 Å². The van der Waals surface area contributed by atoms with Crippen molar-refractivity contribution in [1.82, 2.24) is 14.7 Å². The van der Waals surface area contributed by atoms with Gasteiger partial charge in [0, 0.05) is 36.8 Å². The van der Waals surface area contributed by atoms with Gasteiger partial charge in [-0.25, -0.2) is 4.79 Å². The predicted molar refractivity (Wildman–Crippen MR) is 98.0 cm³/mol. The Bertz CT molecular complexity index is 1010. The number of nitrogens with zero attached hydrogens (tertiary/aromatic N) is 3. The molecule has 0 N–H and O–H groups in total. The molecule has 130 valence electrons. The van der Waals surface area contributed by atoms with Gasteiger partial charge in [0.05, 0.1) is 11.7 Å². The molecule has 0 saturated carbocycles. The second kappa shape index (κ2) is 5.85. The number of hydrogen-bond donors (Lipinski definition) is 0. The maximum absolute atomic E-state index is 11.9. The molecule has 5 nitrogen and oxygen atoms in total. The van der Waals surface area contributed by atoms with Crippen molar-refractivity contribution in [3.05, 3.63) is 62.8 Å². The molecule has 0 aliphatic carbocycles. The highest BCUT2D eigenvalue weighted by atomic mass is 16.4. The standard InChI is InChI=1S/C20H23N3O2/c1-12-5-18-16(8-20(24)25-19(18)6-13(12)2)9-22-10-17(11-22)23-15(4)7-14(3)21-23/h5-8,17H,9-11H2,1-4H3. The molecule has 0 bridgehead atoms. The van der Waals surface area contributed by atoms with Gasteiger partial charge in [-0.2, -0.15) is 5.10 Å². The van der Waals surface area contributed by atoms with Gasteiger partial charge in [-0.15, -0.1) is 0 Å². The Hall–Kier alpha value is -2.40. The van der Waals surface area contributed by atoms with E-state index in [0.717, 1.165) is 41.8 Å². The molecule has 1 saturated heterocycles. The largest absolute Gasteiger partial charge is 0.423 e. The van der Waals surface area contributed by atoms with Crippen molar-refractivity contribution in [3.8, 4) is 0 Å².